The van der Waals surface area contributed by atoms with Crippen molar-refractivity contribution in [2.75, 3.05) is 14.2 Å². The highest BCUT2D eigenvalue weighted by Crippen LogP contribution is 2.14. The van der Waals surface area contributed by atoms with Crippen LogP contribution in [0, 0.1) is 5.21 Å². The molecule has 0 aliphatic carbocycles. The first kappa shape index (κ1) is 8.59. The van der Waals surface area contributed by atoms with Crippen molar-refractivity contribution in [3.05, 3.63) is 35.0 Å². The van der Waals surface area contributed by atoms with Gasteiger partial charge >= 0.3 is 0 Å². The zero-order valence-corrected chi connectivity index (χ0v) is 7.15. The molecule has 3 nitrogen and oxygen atoms in total. The zero-order valence-electron chi connectivity index (χ0n) is 7.15. The average molecular weight is 165 g/mol. The van der Waals surface area contributed by atoms with Crippen LogP contribution in [0.15, 0.2) is 24.3 Å². The minimum Gasteiger partial charge on any atom is -0.624 e. The van der Waals surface area contributed by atoms with Crippen molar-refractivity contribution in [1.29, 1.82) is 0 Å². The van der Waals surface area contributed by atoms with E-state index in [0.717, 1.165) is 10.3 Å². The summed E-state index contributed by atoms with van der Waals surface area (Å²) in [5.74, 6) is 0.709. The number of hydrogen-bond donors (Lipinski definition) is 0. The van der Waals surface area contributed by atoms with Crippen molar-refractivity contribution >= 4 is 6.21 Å². The Labute approximate surface area is 71.5 Å². The summed E-state index contributed by atoms with van der Waals surface area (Å²) < 4.78 is 5.80. The molecule has 1 aromatic rings. The highest BCUT2D eigenvalue weighted by molar-refractivity contribution is 5.79. The Morgan fingerprint density at radius 3 is 2.67 bits per heavy atom. The largest absolute Gasteiger partial charge is 0.624 e. The van der Waals surface area contributed by atoms with E-state index in [1.54, 1.807) is 7.11 Å². The molecular formula is C9H11NO2. The fraction of sp³-hybridized carbons (Fsp3) is 0.222. The molecule has 0 unspecified atom stereocenters. The van der Waals surface area contributed by atoms with Gasteiger partial charge in [-0.1, -0.05) is 12.1 Å². The Kier molecular flexibility index (Phi) is 2.69. The summed E-state index contributed by atoms with van der Waals surface area (Å²) in [5.41, 5.74) is 0.789. The number of methoxy groups -OCH3 is 1. The molecule has 3 heteroatoms. The fourth-order valence-electron chi connectivity index (χ4n) is 0.969. The van der Waals surface area contributed by atoms with Crippen LogP contribution in [0.4, 0.5) is 0 Å². The second-order valence-electron chi connectivity index (χ2n) is 2.42. The molecule has 12 heavy (non-hydrogen) atoms. The van der Waals surface area contributed by atoms with E-state index in [2.05, 4.69) is 0 Å². The Balaban J connectivity index is 3.05. The molecule has 0 fully saturated rings. The Bertz CT molecular complexity index is 290. The molecule has 0 N–H and O–H groups in total. The van der Waals surface area contributed by atoms with E-state index in [1.165, 1.54) is 13.3 Å². The number of benzene rings is 1. The van der Waals surface area contributed by atoms with Crippen LogP contribution in [0.3, 0.4) is 0 Å². The van der Waals surface area contributed by atoms with Gasteiger partial charge in [-0.2, -0.15) is 0 Å². The lowest BCUT2D eigenvalue weighted by Gasteiger charge is -2.02. The van der Waals surface area contributed by atoms with Crippen LogP contribution >= 0.6 is 0 Å². The van der Waals surface area contributed by atoms with Gasteiger partial charge in [-0.3, -0.25) is 0 Å². The maximum atomic E-state index is 10.7. The van der Waals surface area contributed by atoms with E-state index in [0.29, 0.717) is 5.75 Å². The molecule has 64 valence electrons. The SMILES string of the molecule is COc1ccccc1/C=[N+](/C)[O-]. The summed E-state index contributed by atoms with van der Waals surface area (Å²) in [7, 11) is 3.02. The lowest BCUT2D eigenvalue weighted by Crippen LogP contribution is -1.99. The molecule has 0 amide bonds. The molecule has 1 aromatic carbocycles. The van der Waals surface area contributed by atoms with Gasteiger partial charge in [-0.15, -0.1) is 0 Å². The Morgan fingerprint density at radius 1 is 1.42 bits per heavy atom. The molecule has 0 aromatic heterocycles. The molecule has 0 bridgehead atoms. The van der Waals surface area contributed by atoms with Gasteiger partial charge in [0.2, 0.25) is 0 Å². The summed E-state index contributed by atoms with van der Waals surface area (Å²) in [4.78, 5) is 0. The van der Waals surface area contributed by atoms with Crippen LogP contribution in [0.25, 0.3) is 0 Å². The van der Waals surface area contributed by atoms with E-state index in [4.69, 9.17) is 4.74 Å². The molecule has 0 atom stereocenters. The smallest absolute Gasteiger partial charge is 0.185 e. The molecule has 0 saturated carbocycles. The predicted octanol–water partition coefficient (Wildman–Crippen LogP) is 1.25. The molecule has 0 heterocycles. The molecule has 1 rings (SSSR count). The van der Waals surface area contributed by atoms with Gasteiger partial charge in [-0.05, 0) is 12.1 Å². The summed E-state index contributed by atoms with van der Waals surface area (Å²) in [5, 5.41) is 10.7. The van der Waals surface area contributed by atoms with Gasteiger partial charge < -0.3 is 9.94 Å². The lowest BCUT2D eigenvalue weighted by atomic mass is 10.2. The Morgan fingerprint density at radius 2 is 2.08 bits per heavy atom. The standard InChI is InChI=1S/C9H11NO2/c1-10(11)7-8-5-3-4-6-9(8)12-2/h3-7H,1-2H3/b10-7-. The maximum Gasteiger partial charge on any atom is 0.185 e. The quantitative estimate of drug-likeness (QED) is 0.286. The molecule has 0 saturated heterocycles. The van der Waals surface area contributed by atoms with Crippen molar-refractivity contribution in [1.82, 2.24) is 0 Å². The first-order chi connectivity index (χ1) is 5.74. The van der Waals surface area contributed by atoms with Gasteiger partial charge in [0.05, 0.1) is 12.7 Å². The molecule has 0 radical (unpaired) electrons. The number of rotatable bonds is 2. The molecule has 0 spiro atoms. The average Bonchev–Trinajstić information content (AvgIpc) is 2.04. The fourth-order valence-corrected chi connectivity index (χ4v) is 0.969. The normalized spacial score (nSPS) is 11.3. The van der Waals surface area contributed by atoms with Crippen LogP contribution in [0.1, 0.15) is 5.56 Å². The highest BCUT2D eigenvalue weighted by atomic mass is 16.5. The van der Waals surface area contributed by atoms with Gasteiger partial charge in [0.25, 0.3) is 0 Å². The van der Waals surface area contributed by atoms with Crippen molar-refractivity contribution in [2.45, 2.75) is 0 Å². The van der Waals surface area contributed by atoms with Crippen molar-refractivity contribution in [2.24, 2.45) is 0 Å². The maximum absolute atomic E-state index is 10.7. The third-order valence-corrected chi connectivity index (χ3v) is 1.46. The van der Waals surface area contributed by atoms with Crippen LogP contribution in [-0.4, -0.2) is 25.1 Å². The third kappa shape index (κ3) is 1.99. The van der Waals surface area contributed by atoms with Gasteiger partial charge in [-0.25, -0.2) is 4.74 Å². The van der Waals surface area contributed by atoms with Crippen LogP contribution in [-0.2, 0) is 0 Å². The number of hydroxylamine groups is 1. The number of hydrogen-bond acceptors (Lipinski definition) is 2. The van der Waals surface area contributed by atoms with Crippen LogP contribution in [0.5, 0.6) is 5.75 Å². The summed E-state index contributed by atoms with van der Waals surface area (Å²) >= 11 is 0. The van der Waals surface area contributed by atoms with E-state index in [9.17, 15) is 5.21 Å². The van der Waals surface area contributed by atoms with Crippen molar-refractivity contribution in [3.8, 4) is 5.75 Å². The van der Waals surface area contributed by atoms with Crippen molar-refractivity contribution in [3.63, 3.8) is 0 Å². The van der Waals surface area contributed by atoms with Gasteiger partial charge in [0, 0.05) is 0 Å². The van der Waals surface area contributed by atoms with Crippen molar-refractivity contribution < 1.29 is 9.48 Å². The summed E-state index contributed by atoms with van der Waals surface area (Å²) in [6.45, 7) is 0. The van der Waals surface area contributed by atoms with Crippen LogP contribution < -0.4 is 4.74 Å². The molecule has 0 aliphatic rings. The predicted molar refractivity (Wildman–Crippen MR) is 47.7 cm³/mol. The number of nitrogens with zero attached hydrogens (tertiary/aromatic N) is 1. The molecular weight excluding hydrogens is 154 g/mol. The zero-order chi connectivity index (χ0) is 8.97. The van der Waals surface area contributed by atoms with Gasteiger partial charge in [0.15, 0.2) is 6.21 Å². The first-order valence-corrected chi connectivity index (χ1v) is 3.62. The monoisotopic (exact) mass is 165 g/mol. The topological polar surface area (TPSA) is 35.3 Å². The van der Waals surface area contributed by atoms with E-state index >= 15 is 0 Å². The highest BCUT2D eigenvalue weighted by Gasteiger charge is 1.99. The van der Waals surface area contributed by atoms with E-state index in [1.807, 2.05) is 24.3 Å². The van der Waals surface area contributed by atoms with Gasteiger partial charge in [0.1, 0.15) is 12.8 Å². The lowest BCUT2D eigenvalue weighted by molar-refractivity contribution is -0.416. The Hall–Kier alpha value is -1.51. The number of ether oxygens (including phenoxy) is 1. The molecule has 0 aliphatic heterocycles. The first-order valence-electron chi connectivity index (χ1n) is 3.62. The third-order valence-electron chi connectivity index (χ3n) is 1.46. The van der Waals surface area contributed by atoms with Crippen LogP contribution in [0.2, 0.25) is 0 Å². The van der Waals surface area contributed by atoms with E-state index in [-0.39, 0.29) is 0 Å². The summed E-state index contributed by atoms with van der Waals surface area (Å²) in [6.07, 6.45) is 1.47. The minimum atomic E-state index is 0.709. The minimum absolute atomic E-state index is 0.709. The summed E-state index contributed by atoms with van der Waals surface area (Å²) in [6, 6.07) is 7.36. The second kappa shape index (κ2) is 3.76. The number of para-hydroxylation sites is 1. The second-order valence-corrected chi connectivity index (χ2v) is 2.42. The van der Waals surface area contributed by atoms with E-state index < -0.39 is 0 Å².